The summed E-state index contributed by atoms with van der Waals surface area (Å²) in [5.74, 6) is 0. The van der Waals surface area contributed by atoms with Gasteiger partial charge >= 0.3 is 0 Å². The van der Waals surface area contributed by atoms with E-state index in [0.717, 1.165) is 31.1 Å². The van der Waals surface area contributed by atoms with Crippen LogP contribution in [0.5, 0.6) is 0 Å². The number of halogens is 1. The monoisotopic (exact) mass is 267 g/mol. The van der Waals surface area contributed by atoms with Crippen LogP contribution in [0.2, 0.25) is 5.02 Å². The van der Waals surface area contributed by atoms with Crippen LogP contribution in [0.15, 0.2) is 24.3 Å². The second-order valence-electron chi connectivity index (χ2n) is 4.97. The summed E-state index contributed by atoms with van der Waals surface area (Å²) in [5.41, 5.74) is 1.31. The van der Waals surface area contributed by atoms with E-state index in [1.165, 1.54) is 5.56 Å². The third-order valence-electron chi connectivity index (χ3n) is 3.77. The van der Waals surface area contributed by atoms with Crippen molar-refractivity contribution in [2.24, 2.45) is 0 Å². The van der Waals surface area contributed by atoms with Gasteiger partial charge in [-0.3, -0.25) is 0 Å². The van der Waals surface area contributed by atoms with Crippen LogP contribution in [-0.4, -0.2) is 44.7 Å². The first-order valence-corrected chi connectivity index (χ1v) is 6.92. The Labute approximate surface area is 115 Å². The summed E-state index contributed by atoms with van der Waals surface area (Å²) in [6.07, 6.45) is 1.11. The molecule has 1 aliphatic rings. The normalized spacial score (nSPS) is 22.9. The number of hydrogen-bond donors (Lipinski definition) is 2. The lowest BCUT2D eigenvalue weighted by atomic mass is 9.98. The first-order chi connectivity index (χ1) is 8.70. The maximum atomic E-state index is 5.94. The number of hydrogen-bond acceptors (Lipinski definition) is 3. The van der Waals surface area contributed by atoms with Crippen molar-refractivity contribution in [3.63, 3.8) is 0 Å². The van der Waals surface area contributed by atoms with Gasteiger partial charge < -0.3 is 15.5 Å². The molecule has 1 heterocycles. The lowest BCUT2D eigenvalue weighted by Gasteiger charge is -2.35. The van der Waals surface area contributed by atoms with E-state index in [0.29, 0.717) is 12.1 Å². The van der Waals surface area contributed by atoms with Crippen molar-refractivity contribution in [1.29, 1.82) is 0 Å². The molecule has 1 fully saturated rings. The van der Waals surface area contributed by atoms with Crippen LogP contribution in [0.25, 0.3) is 0 Å². The van der Waals surface area contributed by atoms with E-state index in [4.69, 9.17) is 11.6 Å². The second kappa shape index (κ2) is 6.53. The minimum Gasteiger partial charge on any atom is -0.314 e. The Kier molecular flexibility index (Phi) is 5.01. The van der Waals surface area contributed by atoms with Crippen LogP contribution in [0.4, 0.5) is 0 Å². The molecule has 0 aliphatic carbocycles. The molecule has 0 amide bonds. The predicted octanol–water partition coefficient (Wildman–Crippen LogP) is 1.89. The Hall–Kier alpha value is -0.610. The topological polar surface area (TPSA) is 27.3 Å². The van der Waals surface area contributed by atoms with Gasteiger partial charge in [-0.1, -0.05) is 23.7 Å². The predicted molar refractivity (Wildman–Crippen MR) is 77.2 cm³/mol. The summed E-state index contributed by atoms with van der Waals surface area (Å²) >= 11 is 5.94. The average Bonchev–Trinajstić information content (AvgIpc) is 2.39. The van der Waals surface area contributed by atoms with Crippen LogP contribution in [0.3, 0.4) is 0 Å². The lowest BCUT2D eigenvalue weighted by Crippen LogP contribution is -2.50. The number of rotatable bonds is 4. The van der Waals surface area contributed by atoms with Crippen LogP contribution in [-0.2, 0) is 0 Å². The first kappa shape index (κ1) is 13.8. The zero-order valence-corrected chi connectivity index (χ0v) is 11.9. The Balaban J connectivity index is 2.02. The van der Waals surface area contributed by atoms with Gasteiger partial charge in [-0.2, -0.15) is 0 Å². The van der Waals surface area contributed by atoms with Gasteiger partial charge in [0, 0.05) is 36.7 Å². The van der Waals surface area contributed by atoms with E-state index < -0.39 is 0 Å². The molecule has 2 unspecified atom stereocenters. The van der Waals surface area contributed by atoms with Crippen molar-refractivity contribution in [1.82, 2.24) is 15.5 Å². The van der Waals surface area contributed by atoms with Gasteiger partial charge in [0.05, 0.1) is 0 Å². The lowest BCUT2D eigenvalue weighted by molar-refractivity contribution is 0.178. The van der Waals surface area contributed by atoms with Crippen molar-refractivity contribution in [3.8, 4) is 0 Å². The van der Waals surface area contributed by atoms with Crippen LogP contribution in [0, 0.1) is 0 Å². The summed E-state index contributed by atoms with van der Waals surface area (Å²) in [6, 6.07) is 9.12. The van der Waals surface area contributed by atoms with E-state index in [1.807, 2.05) is 19.2 Å². The fraction of sp³-hybridized carbons (Fsp3) is 0.571. The SMILES string of the molecule is CNC(CC1CNCCN1C)c1ccc(Cl)cc1. The number of nitrogens with zero attached hydrogens (tertiary/aromatic N) is 1. The van der Waals surface area contributed by atoms with Crippen molar-refractivity contribution in [3.05, 3.63) is 34.9 Å². The minimum absolute atomic E-state index is 0.384. The second-order valence-corrected chi connectivity index (χ2v) is 5.40. The van der Waals surface area contributed by atoms with Gasteiger partial charge in [-0.05, 0) is 38.2 Å². The maximum absolute atomic E-state index is 5.94. The number of piperazine rings is 1. The molecule has 18 heavy (non-hydrogen) atoms. The van der Waals surface area contributed by atoms with E-state index in [-0.39, 0.29) is 0 Å². The van der Waals surface area contributed by atoms with Gasteiger partial charge in [-0.15, -0.1) is 0 Å². The van der Waals surface area contributed by atoms with Crippen LogP contribution >= 0.6 is 11.6 Å². The molecule has 0 radical (unpaired) electrons. The minimum atomic E-state index is 0.384. The van der Waals surface area contributed by atoms with Gasteiger partial charge in [0.2, 0.25) is 0 Å². The molecule has 2 rings (SSSR count). The quantitative estimate of drug-likeness (QED) is 0.873. The molecule has 1 aromatic carbocycles. The van der Waals surface area contributed by atoms with E-state index in [9.17, 15) is 0 Å². The van der Waals surface area contributed by atoms with E-state index in [2.05, 4.69) is 34.7 Å². The molecule has 0 aromatic heterocycles. The average molecular weight is 268 g/mol. The van der Waals surface area contributed by atoms with Crippen molar-refractivity contribution < 1.29 is 0 Å². The molecule has 1 aromatic rings. The van der Waals surface area contributed by atoms with Crippen molar-refractivity contribution in [2.75, 3.05) is 33.7 Å². The molecule has 2 N–H and O–H groups in total. The number of benzene rings is 1. The highest BCUT2D eigenvalue weighted by Gasteiger charge is 2.22. The molecule has 4 heteroatoms. The molecule has 2 atom stereocenters. The highest BCUT2D eigenvalue weighted by Crippen LogP contribution is 2.22. The molecule has 0 spiro atoms. The third-order valence-corrected chi connectivity index (χ3v) is 4.03. The highest BCUT2D eigenvalue weighted by molar-refractivity contribution is 6.30. The molecule has 1 aliphatic heterocycles. The summed E-state index contributed by atoms with van der Waals surface area (Å²) in [6.45, 7) is 3.29. The van der Waals surface area contributed by atoms with E-state index in [1.54, 1.807) is 0 Å². The van der Waals surface area contributed by atoms with Gasteiger partial charge in [0.15, 0.2) is 0 Å². The van der Waals surface area contributed by atoms with E-state index >= 15 is 0 Å². The maximum Gasteiger partial charge on any atom is 0.0406 e. The smallest absolute Gasteiger partial charge is 0.0406 e. The van der Waals surface area contributed by atoms with Crippen LogP contribution in [0.1, 0.15) is 18.0 Å². The number of nitrogens with one attached hydrogen (secondary N) is 2. The summed E-state index contributed by atoms with van der Waals surface area (Å²) in [4.78, 5) is 2.44. The highest BCUT2D eigenvalue weighted by atomic mass is 35.5. The zero-order valence-electron chi connectivity index (χ0n) is 11.1. The molecule has 3 nitrogen and oxygen atoms in total. The Morgan fingerprint density at radius 1 is 1.44 bits per heavy atom. The largest absolute Gasteiger partial charge is 0.314 e. The summed E-state index contributed by atoms with van der Waals surface area (Å²) in [5, 5.41) is 7.67. The number of likely N-dealkylation sites (N-methyl/N-ethyl adjacent to an activating group) is 1. The Bertz CT molecular complexity index is 366. The van der Waals surface area contributed by atoms with Crippen molar-refractivity contribution in [2.45, 2.75) is 18.5 Å². The van der Waals surface area contributed by atoms with Gasteiger partial charge in [-0.25, -0.2) is 0 Å². The summed E-state index contributed by atoms with van der Waals surface area (Å²) < 4.78 is 0. The first-order valence-electron chi connectivity index (χ1n) is 6.54. The fourth-order valence-corrected chi connectivity index (χ4v) is 2.64. The fourth-order valence-electron chi connectivity index (χ4n) is 2.51. The van der Waals surface area contributed by atoms with Crippen LogP contribution < -0.4 is 10.6 Å². The van der Waals surface area contributed by atoms with Crippen molar-refractivity contribution >= 4 is 11.6 Å². The summed E-state index contributed by atoms with van der Waals surface area (Å²) in [7, 11) is 4.23. The third kappa shape index (κ3) is 3.45. The molecule has 0 saturated carbocycles. The zero-order chi connectivity index (χ0) is 13.0. The molecular formula is C14H22ClN3. The van der Waals surface area contributed by atoms with Gasteiger partial charge in [0.1, 0.15) is 0 Å². The Morgan fingerprint density at radius 3 is 2.78 bits per heavy atom. The molecular weight excluding hydrogens is 246 g/mol. The molecule has 1 saturated heterocycles. The standard InChI is InChI=1S/C14H22ClN3/c1-16-14(11-3-5-12(15)6-4-11)9-13-10-17-7-8-18(13)2/h3-6,13-14,16-17H,7-10H2,1-2H3. The van der Waals surface area contributed by atoms with Gasteiger partial charge in [0.25, 0.3) is 0 Å². The Morgan fingerprint density at radius 2 is 2.17 bits per heavy atom. The molecule has 0 bridgehead atoms. The molecule has 100 valence electrons.